The molecule has 12 heavy (non-hydrogen) atoms. The first-order chi connectivity index (χ1) is 5.13. The van der Waals surface area contributed by atoms with Crippen LogP contribution in [0.3, 0.4) is 0 Å². The topological polar surface area (TPSA) is 29.1 Å². The van der Waals surface area contributed by atoms with Gasteiger partial charge in [-0.1, -0.05) is 0 Å². The predicted molar refractivity (Wildman–Crippen MR) is 42.0 cm³/mol. The summed E-state index contributed by atoms with van der Waals surface area (Å²) in [7, 11) is -1.65. The van der Waals surface area contributed by atoms with Crippen molar-refractivity contribution in [3.8, 4) is 0 Å². The van der Waals surface area contributed by atoms with Crippen molar-refractivity contribution in [2.24, 2.45) is 0 Å². The third-order valence-electron chi connectivity index (χ3n) is 0.960. The fourth-order valence-corrected chi connectivity index (χ4v) is 1.09. The molecule has 0 aromatic rings. The van der Waals surface area contributed by atoms with E-state index in [1.807, 2.05) is 4.72 Å². The number of hydrogen-bond acceptors (Lipinski definition) is 1. The molecule has 0 aromatic heterocycles. The summed E-state index contributed by atoms with van der Waals surface area (Å²) in [5.41, 5.74) is 0. The first kappa shape index (κ1) is 11.9. The largest absolute Gasteiger partial charge is 0.402 e. The molecule has 0 fully saturated rings. The molecule has 0 saturated carbocycles. The maximum Gasteiger partial charge on any atom is 0.402 e. The molecule has 0 bridgehead atoms. The third-order valence-corrected chi connectivity index (χ3v) is 2.48. The van der Waals surface area contributed by atoms with Gasteiger partial charge in [0.05, 0.1) is 15.7 Å². The average Bonchev–Trinajstić information content (AvgIpc) is 1.78. The van der Waals surface area contributed by atoms with Gasteiger partial charge < -0.3 is 0 Å². The monoisotopic (exact) mass is 203 g/mol. The van der Waals surface area contributed by atoms with Gasteiger partial charge in [0.25, 0.3) is 0 Å². The normalized spacial score (nSPS) is 16.2. The lowest BCUT2D eigenvalue weighted by Gasteiger charge is -2.18. The van der Waals surface area contributed by atoms with E-state index in [9.17, 15) is 17.4 Å². The molecular weight excluding hydrogens is 191 g/mol. The minimum Gasteiger partial charge on any atom is -0.242 e. The maximum absolute atomic E-state index is 11.6. The van der Waals surface area contributed by atoms with E-state index in [-0.39, 0.29) is 0 Å². The molecular formula is C6H12F3NOS. The molecule has 0 aliphatic rings. The van der Waals surface area contributed by atoms with E-state index in [1.165, 1.54) is 0 Å². The van der Waals surface area contributed by atoms with Gasteiger partial charge in [-0.15, -0.1) is 0 Å². The Morgan fingerprint density at radius 2 is 1.67 bits per heavy atom. The van der Waals surface area contributed by atoms with Gasteiger partial charge in [0.15, 0.2) is 0 Å². The third kappa shape index (κ3) is 5.54. The van der Waals surface area contributed by atoms with Gasteiger partial charge in [-0.05, 0) is 20.8 Å². The average molecular weight is 203 g/mol. The summed E-state index contributed by atoms with van der Waals surface area (Å²) < 4.78 is 47.1. The van der Waals surface area contributed by atoms with Gasteiger partial charge in [-0.25, -0.2) is 8.93 Å². The van der Waals surface area contributed by atoms with Crippen LogP contribution < -0.4 is 4.72 Å². The zero-order chi connectivity index (χ0) is 9.99. The summed E-state index contributed by atoms with van der Waals surface area (Å²) in [6.07, 6.45) is -4.30. The quantitative estimate of drug-likeness (QED) is 0.725. The standard InChI is InChI=1S/C6H12F3NOS/c1-5(2,3)12(11)10-4-6(7,8)9/h10H,4H2,1-3H3. The Kier molecular flexibility index (Phi) is 3.71. The van der Waals surface area contributed by atoms with Crippen LogP contribution in [-0.4, -0.2) is 21.7 Å². The van der Waals surface area contributed by atoms with Gasteiger partial charge >= 0.3 is 6.18 Å². The van der Waals surface area contributed by atoms with Gasteiger partial charge in [0.1, 0.15) is 6.54 Å². The highest BCUT2D eigenvalue weighted by Gasteiger charge is 2.30. The molecule has 0 spiro atoms. The lowest BCUT2D eigenvalue weighted by Crippen LogP contribution is -2.38. The zero-order valence-corrected chi connectivity index (χ0v) is 7.97. The summed E-state index contributed by atoms with van der Waals surface area (Å²) in [5.74, 6) is 0. The van der Waals surface area contributed by atoms with E-state index in [4.69, 9.17) is 0 Å². The molecule has 74 valence electrons. The van der Waals surface area contributed by atoms with Crippen LogP contribution in [-0.2, 0) is 11.0 Å². The molecule has 2 nitrogen and oxygen atoms in total. The minimum atomic E-state index is -4.30. The number of nitrogens with one attached hydrogen (secondary N) is 1. The number of alkyl halides is 3. The van der Waals surface area contributed by atoms with Crippen LogP contribution in [0.4, 0.5) is 13.2 Å². The van der Waals surface area contributed by atoms with Crippen LogP contribution in [0.5, 0.6) is 0 Å². The van der Waals surface area contributed by atoms with Gasteiger partial charge in [-0.2, -0.15) is 13.2 Å². The van der Waals surface area contributed by atoms with Crippen LogP contribution in [0.1, 0.15) is 20.8 Å². The van der Waals surface area contributed by atoms with E-state index in [1.54, 1.807) is 20.8 Å². The van der Waals surface area contributed by atoms with E-state index >= 15 is 0 Å². The van der Waals surface area contributed by atoms with Crippen molar-refractivity contribution in [2.45, 2.75) is 31.7 Å². The molecule has 0 rings (SSSR count). The summed E-state index contributed by atoms with van der Waals surface area (Å²) >= 11 is 0. The highest BCUT2D eigenvalue weighted by atomic mass is 32.2. The fraction of sp³-hybridized carbons (Fsp3) is 1.00. The van der Waals surface area contributed by atoms with Crippen molar-refractivity contribution < 1.29 is 17.4 Å². The maximum atomic E-state index is 11.6. The van der Waals surface area contributed by atoms with Crippen LogP contribution in [0.15, 0.2) is 0 Å². The lowest BCUT2D eigenvalue weighted by molar-refractivity contribution is -0.121. The van der Waals surface area contributed by atoms with Crippen LogP contribution >= 0.6 is 0 Å². The Morgan fingerprint density at radius 1 is 1.25 bits per heavy atom. The Hall–Kier alpha value is -0.100. The number of hydrogen-bond donors (Lipinski definition) is 1. The molecule has 0 amide bonds. The van der Waals surface area contributed by atoms with Crippen molar-refractivity contribution in [2.75, 3.05) is 6.54 Å². The summed E-state index contributed by atoms with van der Waals surface area (Å²) in [4.78, 5) is 0. The van der Waals surface area contributed by atoms with Crippen molar-refractivity contribution >= 4 is 11.0 Å². The molecule has 1 unspecified atom stereocenters. The fourth-order valence-electron chi connectivity index (χ4n) is 0.364. The Morgan fingerprint density at radius 3 is 1.92 bits per heavy atom. The molecule has 0 heterocycles. The van der Waals surface area contributed by atoms with Gasteiger partial charge in [0.2, 0.25) is 0 Å². The van der Waals surface area contributed by atoms with Crippen molar-refractivity contribution in [3.05, 3.63) is 0 Å². The van der Waals surface area contributed by atoms with Crippen molar-refractivity contribution in [1.82, 2.24) is 4.72 Å². The summed E-state index contributed by atoms with van der Waals surface area (Å²) in [6, 6.07) is 0. The van der Waals surface area contributed by atoms with E-state index in [0.29, 0.717) is 0 Å². The van der Waals surface area contributed by atoms with Crippen molar-refractivity contribution in [1.29, 1.82) is 0 Å². The first-order valence-electron chi connectivity index (χ1n) is 3.35. The second-order valence-electron chi connectivity index (χ2n) is 3.32. The van der Waals surface area contributed by atoms with E-state index in [0.717, 1.165) is 0 Å². The van der Waals surface area contributed by atoms with Gasteiger partial charge in [0, 0.05) is 0 Å². The second-order valence-corrected chi connectivity index (χ2v) is 5.37. The predicted octanol–water partition coefficient (Wildman–Crippen LogP) is 1.60. The smallest absolute Gasteiger partial charge is 0.242 e. The van der Waals surface area contributed by atoms with E-state index < -0.39 is 28.5 Å². The van der Waals surface area contributed by atoms with Crippen LogP contribution in [0, 0.1) is 0 Å². The molecule has 1 N–H and O–H groups in total. The lowest BCUT2D eigenvalue weighted by atomic mass is 10.3. The Balaban J connectivity index is 3.90. The first-order valence-corrected chi connectivity index (χ1v) is 4.50. The molecule has 0 saturated heterocycles. The summed E-state index contributed by atoms with van der Waals surface area (Å²) in [5, 5.41) is 0. The molecule has 1 atom stereocenters. The molecule has 0 radical (unpaired) electrons. The highest BCUT2D eigenvalue weighted by Crippen LogP contribution is 2.14. The second kappa shape index (κ2) is 3.74. The van der Waals surface area contributed by atoms with E-state index in [2.05, 4.69) is 0 Å². The number of halogens is 3. The molecule has 0 aliphatic carbocycles. The highest BCUT2D eigenvalue weighted by molar-refractivity contribution is 7.84. The minimum absolute atomic E-state index is 0.661. The zero-order valence-electron chi connectivity index (χ0n) is 7.16. The Labute approximate surface area is 72.1 Å². The SMILES string of the molecule is CC(C)(C)S(=O)NCC(F)(F)F. The van der Waals surface area contributed by atoms with Crippen LogP contribution in [0.2, 0.25) is 0 Å². The molecule has 0 aliphatic heterocycles. The van der Waals surface area contributed by atoms with Gasteiger partial charge in [-0.3, -0.25) is 0 Å². The number of rotatable bonds is 2. The molecule has 0 aromatic carbocycles. The Bertz CT molecular complexity index is 173. The molecule has 6 heteroatoms. The van der Waals surface area contributed by atoms with Crippen molar-refractivity contribution in [3.63, 3.8) is 0 Å². The summed E-state index contributed by atoms with van der Waals surface area (Å²) in [6.45, 7) is 3.60. The van der Waals surface area contributed by atoms with Crippen LogP contribution in [0.25, 0.3) is 0 Å².